The summed E-state index contributed by atoms with van der Waals surface area (Å²) >= 11 is 0. The number of aromatic nitrogens is 1. The first-order valence-electron chi connectivity index (χ1n) is 9.50. The quantitative estimate of drug-likeness (QED) is 0.507. The number of nitrogens with zero attached hydrogens (tertiary/aromatic N) is 1. The van der Waals surface area contributed by atoms with Crippen LogP contribution < -0.4 is 10.0 Å². The molecule has 3 aromatic rings. The van der Waals surface area contributed by atoms with Crippen LogP contribution in [0, 0.1) is 13.8 Å². The maximum Gasteiger partial charge on any atom is 0.262 e. The predicted molar refractivity (Wildman–Crippen MR) is 121 cm³/mol. The van der Waals surface area contributed by atoms with Crippen LogP contribution in [0.15, 0.2) is 72.4 Å². The number of rotatable bonds is 8. The van der Waals surface area contributed by atoms with Crippen LogP contribution in [0.3, 0.4) is 0 Å². The van der Waals surface area contributed by atoms with E-state index in [9.17, 15) is 13.5 Å². The van der Waals surface area contributed by atoms with E-state index in [1.165, 1.54) is 0 Å². The summed E-state index contributed by atoms with van der Waals surface area (Å²) in [7, 11) is -3.85. The molecule has 0 amide bonds. The Bertz CT molecular complexity index is 1160. The maximum absolute atomic E-state index is 13.1. The molecule has 30 heavy (non-hydrogen) atoms. The number of benzene rings is 2. The average Bonchev–Trinajstić information content (AvgIpc) is 2.71. The average molecular weight is 424 g/mol. The Morgan fingerprint density at radius 1 is 1.07 bits per heavy atom. The lowest BCUT2D eigenvalue weighted by Crippen LogP contribution is -2.16. The number of aliphatic hydroxyl groups is 1. The second-order valence-electron chi connectivity index (χ2n) is 7.06. The molecule has 3 N–H and O–H groups in total. The van der Waals surface area contributed by atoms with E-state index in [1.807, 2.05) is 32.0 Å². The van der Waals surface area contributed by atoms with E-state index >= 15 is 0 Å². The van der Waals surface area contributed by atoms with Crippen LogP contribution in [0.1, 0.15) is 22.3 Å². The topological polar surface area (TPSA) is 91.3 Å². The second-order valence-corrected chi connectivity index (χ2v) is 8.71. The van der Waals surface area contributed by atoms with Crippen molar-refractivity contribution in [3.8, 4) is 0 Å². The standard InChI is InChI=1S/C23H25N3O3S/c1-16-4-7-20(8-5-16)26-30(28,29)23-14-21(9-6-19(23)11-13-27)25-18(3)22-15-24-12-10-17(22)2/h4-10,12,14-15,25-27H,3,11,13H2,1-2H3. The summed E-state index contributed by atoms with van der Waals surface area (Å²) in [5.74, 6) is 0. The van der Waals surface area contributed by atoms with Gasteiger partial charge in [0.2, 0.25) is 0 Å². The van der Waals surface area contributed by atoms with E-state index in [4.69, 9.17) is 0 Å². The van der Waals surface area contributed by atoms with Gasteiger partial charge in [0.1, 0.15) is 0 Å². The van der Waals surface area contributed by atoms with E-state index in [-0.39, 0.29) is 17.9 Å². The Hall–Kier alpha value is -3.16. The third-order valence-electron chi connectivity index (χ3n) is 4.70. The van der Waals surface area contributed by atoms with Gasteiger partial charge < -0.3 is 10.4 Å². The van der Waals surface area contributed by atoms with Crippen LogP contribution in [0.25, 0.3) is 5.70 Å². The third kappa shape index (κ3) is 5.06. The molecule has 7 heteroatoms. The molecule has 0 fully saturated rings. The Morgan fingerprint density at radius 2 is 1.77 bits per heavy atom. The van der Waals surface area contributed by atoms with Gasteiger partial charge in [-0.05, 0) is 61.7 Å². The minimum Gasteiger partial charge on any atom is -0.396 e. The lowest BCUT2D eigenvalue weighted by atomic mass is 10.1. The molecule has 156 valence electrons. The molecule has 0 spiro atoms. The third-order valence-corrected chi connectivity index (χ3v) is 6.16. The van der Waals surface area contributed by atoms with Crippen molar-refractivity contribution in [2.24, 2.45) is 0 Å². The zero-order chi connectivity index (χ0) is 21.7. The fraction of sp³-hybridized carbons (Fsp3) is 0.174. The van der Waals surface area contributed by atoms with Crippen molar-refractivity contribution in [3.63, 3.8) is 0 Å². The molecular weight excluding hydrogens is 398 g/mol. The molecule has 0 unspecified atom stereocenters. The summed E-state index contributed by atoms with van der Waals surface area (Å²) in [6, 6.07) is 14.0. The van der Waals surface area contributed by atoms with E-state index in [0.717, 1.165) is 16.7 Å². The molecule has 1 heterocycles. The molecule has 0 aliphatic rings. The van der Waals surface area contributed by atoms with Crippen LogP contribution in [-0.2, 0) is 16.4 Å². The molecule has 0 atom stereocenters. The molecule has 0 aliphatic heterocycles. The monoisotopic (exact) mass is 423 g/mol. The molecule has 2 aromatic carbocycles. The summed E-state index contributed by atoms with van der Waals surface area (Å²) in [5, 5.41) is 12.5. The Labute approximate surface area is 177 Å². The van der Waals surface area contributed by atoms with E-state index in [0.29, 0.717) is 22.6 Å². The molecule has 0 bridgehead atoms. The van der Waals surface area contributed by atoms with Crippen molar-refractivity contribution in [2.75, 3.05) is 16.6 Å². The number of pyridine rings is 1. The number of hydrogen-bond donors (Lipinski definition) is 3. The van der Waals surface area contributed by atoms with Crippen LogP contribution in [-0.4, -0.2) is 25.1 Å². The van der Waals surface area contributed by atoms with Crippen molar-refractivity contribution in [2.45, 2.75) is 25.2 Å². The van der Waals surface area contributed by atoms with Crippen molar-refractivity contribution in [1.29, 1.82) is 0 Å². The van der Waals surface area contributed by atoms with E-state index in [1.54, 1.807) is 42.7 Å². The summed E-state index contributed by atoms with van der Waals surface area (Å²) in [5.41, 5.74) is 5.09. The molecule has 0 saturated carbocycles. The zero-order valence-electron chi connectivity index (χ0n) is 17.0. The number of aliphatic hydroxyl groups excluding tert-OH is 1. The van der Waals surface area contributed by atoms with Gasteiger partial charge in [-0.15, -0.1) is 0 Å². The first kappa shape index (κ1) is 21.5. The largest absolute Gasteiger partial charge is 0.396 e. The molecule has 0 radical (unpaired) electrons. The van der Waals surface area contributed by atoms with E-state index < -0.39 is 10.0 Å². The van der Waals surface area contributed by atoms with Gasteiger partial charge in [-0.2, -0.15) is 0 Å². The molecule has 1 aromatic heterocycles. The highest BCUT2D eigenvalue weighted by Crippen LogP contribution is 2.26. The number of anilines is 2. The van der Waals surface area contributed by atoms with Crippen molar-refractivity contribution >= 4 is 27.1 Å². The predicted octanol–water partition coefficient (Wildman–Crippen LogP) is 4.12. The fourth-order valence-electron chi connectivity index (χ4n) is 3.06. The first-order valence-corrected chi connectivity index (χ1v) is 11.0. The molecule has 0 aliphatic carbocycles. The van der Waals surface area contributed by atoms with Gasteiger partial charge in [-0.3, -0.25) is 9.71 Å². The maximum atomic E-state index is 13.1. The summed E-state index contributed by atoms with van der Waals surface area (Å²) < 4.78 is 28.8. The van der Waals surface area contributed by atoms with Crippen LogP contribution in [0.2, 0.25) is 0 Å². The molecule has 0 saturated heterocycles. The molecule has 3 rings (SSSR count). The number of hydrogen-bond acceptors (Lipinski definition) is 5. The highest BCUT2D eigenvalue weighted by atomic mass is 32.2. The Morgan fingerprint density at radius 3 is 2.43 bits per heavy atom. The van der Waals surface area contributed by atoms with Crippen molar-refractivity contribution < 1.29 is 13.5 Å². The minimum absolute atomic E-state index is 0.109. The highest BCUT2D eigenvalue weighted by molar-refractivity contribution is 7.92. The van der Waals surface area contributed by atoms with Gasteiger partial charge in [0.05, 0.1) is 4.90 Å². The summed E-state index contributed by atoms with van der Waals surface area (Å²) in [4.78, 5) is 4.23. The summed E-state index contributed by atoms with van der Waals surface area (Å²) in [6.45, 7) is 7.79. The lowest BCUT2D eigenvalue weighted by Gasteiger charge is -2.16. The van der Waals surface area contributed by atoms with Crippen LogP contribution >= 0.6 is 0 Å². The minimum atomic E-state index is -3.85. The lowest BCUT2D eigenvalue weighted by molar-refractivity contribution is 0.298. The van der Waals surface area contributed by atoms with E-state index in [2.05, 4.69) is 21.6 Å². The second kappa shape index (κ2) is 9.11. The number of aryl methyl sites for hydroxylation is 2. The van der Waals surface area contributed by atoms with Gasteiger partial charge in [-0.25, -0.2) is 8.42 Å². The van der Waals surface area contributed by atoms with Crippen molar-refractivity contribution in [1.82, 2.24) is 4.98 Å². The van der Waals surface area contributed by atoms with Gasteiger partial charge in [0.15, 0.2) is 0 Å². The number of nitrogens with one attached hydrogen (secondary N) is 2. The summed E-state index contributed by atoms with van der Waals surface area (Å²) in [6.07, 6.45) is 3.64. The van der Waals surface area contributed by atoms with Gasteiger partial charge in [-0.1, -0.05) is 30.3 Å². The zero-order valence-corrected chi connectivity index (χ0v) is 17.8. The molecule has 6 nitrogen and oxygen atoms in total. The fourth-order valence-corrected chi connectivity index (χ4v) is 4.42. The van der Waals surface area contributed by atoms with Gasteiger partial charge in [0.25, 0.3) is 10.0 Å². The van der Waals surface area contributed by atoms with Crippen LogP contribution in [0.5, 0.6) is 0 Å². The Kier molecular flexibility index (Phi) is 6.54. The Balaban J connectivity index is 1.93. The normalized spacial score (nSPS) is 11.2. The SMILES string of the molecule is C=C(Nc1ccc(CCO)c(S(=O)(=O)Nc2ccc(C)cc2)c1)c1cnccc1C. The highest BCUT2D eigenvalue weighted by Gasteiger charge is 2.20. The smallest absolute Gasteiger partial charge is 0.262 e. The van der Waals surface area contributed by atoms with Crippen LogP contribution in [0.4, 0.5) is 11.4 Å². The van der Waals surface area contributed by atoms with Gasteiger partial charge >= 0.3 is 0 Å². The molecular formula is C23H25N3O3S. The first-order chi connectivity index (χ1) is 14.3. The number of sulfonamides is 1. The van der Waals surface area contributed by atoms with Gasteiger partial charge in [0, 0.05) is 41.6 Å². The van der Waals surface area contributed by atoms with Crippen molar-refractivity contribution in [3.05, 3.63) is 89.8 Å².